The molecular weight excluding hydrogens is 466 g/mol. The van der Waals surface area contributed by atoms with Crippen molar-refractivity contribution in [1.82, 2.24) is 25.4 Å². The van der Waals surface area contributed by atoms with Gasteiger partial charge in [-0.25, -0.2) is 0 Å². The van der Waals surface area contributed by atoms with E-state index in [0.29, 0.717) is 23.0 Å². The SMILES string of the molecule is CNC(=O)c1cc(C(=O)N[C@@H](C)/C=C/c2cnn(Cc3ccc(OCC4CC4)cc3Cl)c2)ccn1. The zero-order valence-electron chi connectivity index (χ0n) is 19.7. The molecule has 8 nitrogen and oxygen atoms in total. The number of pyridine rings is 1. The first kappa shape index (κ1) is 24.5. The second-order valence-electron chi connectivity index (χ2n) is 8.61. The maximum absolute atomic E-state index is 12.5. The molecule has 1 fully saturated rings. The highest BCUT2D eigenvalue weighted by atomic mass is 35.5. The molecule has 0 saturated heterocycles. The van der Waals surface area contributed by atoms with Gasteiger partial charge in [-0.1, -0.05) is 29.8 Å². The molecule has 0 aliphatic heterocycles. The highest BCUT2D eigenvalue weighted by molar-refractivity contribution is 6.31. The first-order chi connectivity index (χ1) is 16.9. The summed E-state index contributed by atoms with van der Waals surface area (Å²) in [6.07, 6.45) is 11.4. The number of nitrogens with zero attached hydrogens (tertiary/aromatic N) is 3. The van der Waals surface area contributed by atoms with Crippen LogP contribution in [0.2, 0.25) is 5.02 Å². The Kier molecular flexibility index (Phi) is 7.82. The van der Waals surface area contributed by atoms with E-state index in [9.17, 15) is 9.59 Å². The second kappa shape index (κ2) is 11.2. The first-order valence-corrected chi connectivity index (χ1v) is 11.9. The highest BCUT2D eigenvalue weighted by Crippen LogP contribution is 2.30. The Balaban J connectivity index is 1.31. The number of hydrogen-bond acceptors (Lipinski definition) is 5. The Morgan fingerprint density at radius 2 is 2.09 bits per heavy atom. The van der Waals surface area contributed by atoms with Gasteiger partial charge in [-0.05, 0) is 55.5 Å². The fourth-order valence-electron chi connectivity index (χ4n) is 3.39. The molecule has 2 amide bonds. The monoisotopic (exact) mass is 493 g/mol. The smallest absolute Gasteiger partial charge is 0.269 e. The summed E-state index contributed by atoms with van der Waals surface area (Å²) in [6.45, 7) is 3.16. The molecule has 1 aliphatic carbocycles. The average Bonchev–Trinajstić information content (AvgIpc) is 3.59. The summed E-state index contributed by atoms with van der Waals surface area (Å²) in [5, 5.41) is 10.4. The minimum Gasteiger partial charge on any atom is -0.493 e. The van der Waals surface area contributed by atoms with Crippen LogP contribution in [0.3, 0.4) is 0 Å². The van der Waals surface area contributed by atoms with Crippen LogP contribution in [0.25, 0.3) is 6.08 Å². The lowest BCUT2D eigenvalue weighted by molar-refractivity contribution is 0.0947. The van der Waals surface area contributed by atoms with Crippen LogP contribution in [-0.2, 0) is 6.54 Å². The zero-order chi connectivity index (χ0) is 24.8. The van der Waals surface area contributed by atoms with Crippen LogP contribution < -0.4 is 15.4 Å². The van der Waals surface area contributed by atoms with Crippen molar-refractivity contribution in [2.75, 3.05) is 13.7 Å². The van der Waals surface area contributed by atoms with Gasteiger partial charge in [0.1, 0.15) is 11.4 Å². The Morgan fingerprint density at radius 1 is 1.26 bits per heavy atom. The van der Waals surface area contributed by atoms with Gasteiger partial charge in [-0.3, -0.25) is 19.3 Å². The van der Waals surface area contributed by atoms with E-state index in [-0.39, 0.29) is 23.6 Å². The van der Waals surface area contributed by atoms with E-state index in [1.807, 2.05) is 48.2 Å². The van der Waals surface area contributed by atoms with Crippen LogP contribution in [0.1, 0.15) is 51.7 Å². The minimum absolute atomic E-state index is 0.191. The van der Waals surface area contributed by atoms with E-state index in [4.69, 9.17) is 16.3 Å². The third kappa shape index (κ3) is 6.93. The van der Waals surface area contributed by atoms with Crippen LogP contribution in [0.15, 0.2) is 55.0 Å². The fraction of sp³-hybridized carbons (Fsp3) is 0.308. The summed E-state index contributed by atoms with van der Waals surface area (Å²) in [6, 6.07) is 8.56. The molecule has 0 bridgehead atoms. The number of nitrogens with one attached hydrogen (secondary N) is 2. The lowest BCUT2D eigenvalue weighted by atomic mass is 10.2. The summed E-state index contributed by atoms with van der Waals surface area (Å²) >= 11 is 6.45. The van der Waals surface area contributed by atoms with E-state index >= 15 is 0 Å². The summed E-state index contributed by atoms with van der Waals surface area (Å²) in [7, 11) is 1.52. The van der Waals surface area contributed by atoms with E-state index < -0.39 is 0 Å². The van der Waals surface area contributed by atoms with Crippen LogP contribution in [0.5, 0.6) is 5.75 Å². The molecule has 4 rings (SSSR count). The van der Waals surface area contributed by atoms with Crippen molar-refractivity contribution in [1.29, 1.82) is 0 Å². The lowest BCUT2D eigenvalue weighted by Crippen LogP contribution is -2.31. The van der Waals surface area contributed by atoms with Gasteiger partial charge in [-0.15, -0.1) is 0 Å². The van der Waals surface area contributed by atoms with Gasteiger partial charge >= 0.3 is 0 Å². The molecule has 35 heavy (non-hydrogen) atoms. The number of carbonyl (C=O) groups is 2. The number of halogens is 1. The molecule has 1 saturated carbocycles. The standard InChI is InChI=1S/C26H28ClN5O3/c1-17(31-25(33)20-9-10-29-24(11-20)26(34)28-2)3-4-19-13-30-32(14-19)15-21-7-8-22(12-23(21)27)35-16-18-5-6-18/h3-4,7-14,17-18H,5-6,15-16H2,1-2H3,(H,28,34)(H,31,33)/b4-3+/t17-/m0/s1. The van der Waals surface area contributed by atoms with Gasteiger partial charge in [0.25, 0.3) is 11.8 Å². The van der Waals surface area contributed by atoms with Gasteiger partial charge in [0, 0.05) is 41.6 Å². The van der Waals surface area contributed by atoms with Crippen molar-refractivity contribution < 1.29 is 14.3 Å². The molecule has 0 unspecified atom stereocenters. The summed E-state index contributed by atoms with van der Waals surface area (Å²) in [5.41, 5.74) is 2.42. The molecule has 1 atom stereocenters. The van der Waals surface area contributed by atoms with Crippen molar-refractivity contribution in [3.63, 3.8) is 0 Å². The van der Waals surface area contributed by atoms with Gasteiger partial charge in [0.05, 0.1) is 19.3 Å². The molecule has 3 aromatic rings. The van der Waals surface area contributed by atoms with Crippen molar-refractivity contribution in [3.05, 3.63) is 82.4 Å². The first-order valence-electron chi connectivity index (χ1n) is 11.5. The van der Waals surface area contributed by atoms with E-state index in [1.54, 1.807) is 12.3 Å². The molecule has 2 heterocycles. The number of hydrogen-bond donors (Lipinski definition) is 2. The largest absolute Gasteiger partial charge is 0.493 e. The number of aromatic nitrogens is 3. The maximum atomic E-state index is 12.5. The molecule has 9 heteroatoms. The molecule has 1 aliphatic rings. The Labute approximate surface area is 209 Å². The maximum Gasteiger partial charge on any atom is 0.269 e. The average molecular weight is 494 g/mol. The molecule has 182 valence electrons. The van der Waals surface area contributed by atoms with Crippen molar-refractivity contribution in [3.8, 4) is 5.75 Å². The quantitative estimate of drug-likeness (QED) is 0.445. The Hall–Kier alpha value is -3.65. The summed E-state index contributed by atoms with van der Waals surface area (Å²) in [4.78, 5) is 28.2. The number of rotatable bonds is 10. The number of amides is 2. The fourth-order valence-corrected chi connectivity index (χ4v) is 3.62. The number of benzene rings is 1. The molecule has 2 aromatic heterocycles. The van der Waals surface area contributed by atoms with E-state index in [2.05, 4.69) is 20.7 Å². The molecule has 2 N–H and O–H groups in total. The van der Waals surface area contributed by atoms with Crippen molar-refractivity contribution in [2.24, 2.45) is 5.92 Å². The molecule has 0 spiro atoms. The van der Waals surface area contributed by atoms with Gasteiger partial charge in [-0.2, -0.15) is 5.10 Å². The molecule has 1 aromatic carbocycles. The predicted molar refractivity (Wildman–Crippen MR) is 135 cm³/mol. The zero-order valence-corrected chi connectivity index (χ0v) is 20.5. The predicted octanol–water partition coefficient (Wildman–Crippen LogP) is 3.96. The van der Waals surface area contributed by atoms with Crippen molar-refractivity contribution >= 4 is 29.5 Å². The normalized spacial score (nSPS) is 14.0. The Morgan fingerprint density at radius 3 is 2.83 bits per heavy atom. The minimum atomic E-state index is -0.344. The summed E-state index contributed by atoms with van der Waals surface area (Å²) < 4.78 is 7.60. The lowest BCUT2D eigenvalue weighted by Gasteiger charge is -2.10. The molecule has 0 radical (unpaired) electrons. The highest BCUT2D eigenvalue weighted by Gasteiger charge is 2.22. The van der Waals surface area contributed by atoms with Crippen LogP contribution >= 0.6 is 11.6 Å². The van der Waals surface area contributed by atoms with Crippen LogP contribution in [-0.4, -0.2) is 46.3 Å². The van der Waals surface area contributed by atoms with Crippen LogP contribution in [0, 0.1) is 5.92 Å². The summed E-state index contributed by atoms with van der Waals surface area (Å²) in [5.74, 6) is 0.855. The van der Waals surface area contributed by atoms with Crippen molar-refractivity contribution in [2.45, 2.75) is 32.4 Å². The van der Waals surface area contributed by atoms with Gasteiger partial charge in [0.15, 0.2) is 0 Å². The number of ether oxygens (including phenoxy) is 1. The molecular formula is C26H28ClN5O3. The van der Waals surface area contributed by atoms with E-state index in [0.717, 1.165) is 23.5 Å². The third-order valence-electron chi connectivity index (χ3n) is 5.61. The second-order valence-corrected chi connectivity index (χ2v) is 9.02. The third-order valence-corrected chi connectivity index (χ3v) is 5.96. The van der Waals surface area contributed by atoms with E-state index in [1.165, 1.54) is 32.2 Å². The van der Waals surface area contributed by atoms with Gasteiger partial charge in [0.2, 0.25) is 0 Å². The number of carbonyl (C=O) groups excluding carboxylic acids is 2. The van der Waals surface area contributed by atoms with Gasteiger partial charge < -0.3 is 15.4 Å². The van der Waals surface area contributed by atoms with Crippen LogP contribution in [0.4, 0.5) is 0 Å². The topological polar surface area (TPSA) is 98.1 Å². The Bertz CT molecular complexity index is 1240.